The van der Waals surface area contributed by atoms with Crippen LogP contribution in [0.15, 0.2) is 18.2 Å². The van der Waals surface area contributed by atoms with Crippen molar-refractivity contribution in [2.75, 3.05) is 25.1 Å². The van der Waals surface area contributed by atoms with Gasteiger partial charge in [-0.1, -0.05) is 11.6 Å². The number of anilines is 1. The van der Waals surface area contributed by atoms with Crippen LogP contribution in [0.2, 0.25) is 5.02 Å². The van der Waals surface area contributed by atoms with Gasteiger partial charge in [-0.25, -0.2) is 4.39 Å². The molecule has 0 saturated carbocycles. The number of halogens is 2. The van der Waals surface area contributed by atoms with Crippen LogP contribution < -0.4 is 5.32 Å². The third-order valence-corrected chi connectivity index (χ3v) is 2.39. The highest BCUT2D eigenvalue weighted by atomic mass is 35.5. The molecule has 1 N–H and O–H groups in total. The molecule has 0 spiro atoms. The quantitative estimate of drug-likeness (QED) is 0.866. The lowest BCUT2D eigenvalue weighted by Gasteiger charge is -2.11. The zero-order valence-corrected chi connectivity index (χ0v) is 8.76. The average Bonchev–Trinajstić information content (AvgIpc) is 2.73. The van der Waals surface area contributed by atoms with Gasteiger partial charge in [-0.2, -0.15) is 0 Å². The van der Waals surface area contributed by atoms with Gasteiger partial charge in [-0.05, 0) is 18.2 Å². The molecule has 82 valence electrons. The fourth-order valence-electron chi connectivity index (χ4n) is 1.33. The molecule has 2 rings (SSSR count). The Hall–Kier alpha value is -0.840. The van der Waals surface area contributed by atoms with E-state index in [2.05, 4.69) is 5.32 Å². The van der Waals surface area contributed by atoms with E-state index in [-0.39, 0.29) is 11.3 Å². The highest BCUT2D eigenvalue weighted by Crippen LogP contribution is 2.18. The molecule has 1 heterocycles. The number of hydrogen-bond donors (Lipinski definition) is 1. The van der Waals surface area contributed by atoms with E-state index in [9.17, 15) is 4.39 Å². The van der Waals surface area contributed by atoms with Crippen molar-refractivity contribution < 1.29 is 13.9 Å². The third kappa shape index (κ3) is 2.81. The molecule has 0 amide bonds. The van der Waals surface area contributed by atoms with Gasteiger partial charge in [-0.15, -0.1) is 0 Å². The molecule has 1 fully saturated rings. The van der Waals surface area contributed by atoms with Crippen molar-refractivity contribution in [3.63, 3.8) is 0 Å². The minimum atomic E-state index is -0.435. The maximum atomic E-state index is 13.0. The predicted molar refractivity (Wildman–Crippen MR) is 55.6 cm³/mol. The average molecular weight is 232 g/mol. The van der Waals surface area contributed by atoms with E-state index in [1.54, 1.807) is 6.07 Å². The summed E-state index contributed by atoms with van der Waals surface area (Å²) in [4.78, 5) is 0. The SMILES string of the molecule is Fc1cc(NCC2OCCO2)ccc1Cl. The summed E-state index contributed by atoms with van der Waals surface area (Å²) in [6.07, 6.45) is -0.247. The van der Waals surface area contributed by atoms with E-state index in [1.165, 1.54) is 12.1 Å². The van der Waals surface area contributed by atoms with Gasteiger partial charge in [0.1, 0.15) is 5.82 Å². The molecular weight excluding hydrogens is 221 g/mol. The highest BCUT2D eigenvalue weighted by Gasteiger charge is 2.15. The summed E-state index contributed by atoms with van der Waals surface area (Å²) in [7, 11) is 0. The van der Waals surface area contributed by atoms with Crippen molar-refractivity contribution in [1.82, 2.24) is 0 Å². The van der Waals surface area contributed by atoms with Gasteiger partial charge in [0.05, 0.1) is 24.8 Å². The third-order valence-electron chi connectivity index (χ3n) is 2.08. The van der Waals surface area contributed by atoms with Gasteiger partial charge in [0.15, 0.2) is 6.29 Å². The normalized spacial score (nSPS) is 16.9. The summed E-state index contributed by atoms with van der Waals surface area (Å²) < 4.78 is 23.5. The lowest BCUT2D eigenvalue weighted by Crippen LogP contribution is -2.20. The van der Waals surface area contributed by atoms with Crippen LogP contribution in [0.3, 0.4) is 0 Å². The van der Waals surface area contributed by atoms with E-state index < -0.39 is 5.82 Å². The van der Waals surface area contributed by atoms with Gasteiger partial charge in [0, 0.05) is 5.69 Å². The van der Waals surface area contributed by atoms with E-state index >= 15 is 0 Å². The molecule has 0 aromatic heterocycles. The topological polar surface area (TPSA) is 30.5 Å². The van der Waals surface area contributed by atoms with Crippen molar-refractivity contribution >= 4 is 17.3 Å². The second-order valence-electron chi connectivity index (χ2n) is 3.18. The fraction of sp³-hybridized carbons (Fsp3) is 0.400. The molecule has 5 heteroatoms. The Labute approximate surface area is 92.1 Å². The lowest BCUT2D eigenvalue weighted by molar-refractivity contribution is -0.0299. The summed E-state index contributed by atoms with van der Waals surface area (Å²) >= 11 is 5.56. The van der Waals surface area contributed by atoms with Crippen LogP contribution in [-0.2, 0) is 9.47 Å². The Bertz CT molecular complexity index is 342. The summed E-state index contributed by atoms with van der Waals surface area (Å²) in [5.41, 5.74) is 0.663. The molecule has 0 bridgehead atoms. The van der Waals surface area contributed by atoms with Crippen molar-refractivity contribution in [1.29, 1.82) is 0 Å². The molecule has 3 nitrogen and oxygen atoms in total. The van der Waals surface area contributed by atoms with Gasteiger partial charge < -0.3 is 14.8 Å². The summed E-state index contributed by atoms with van der Waals surface area (Å²) in [6, 6.07) is 4.56. The summed E-state index contributed by atoms with van der Waals surface area (Å²) in [5, 5.41) is 3.13. The van der Waals surface area contributed by atoms with Gasteiger partial charge in [0.2, 0.25) is 0 Å². The van der Waals surface area contributed by atoms with Crippen molar-refractivity contribution in [2.24, 2.45) is 0 Å². The Kier molecular flexibility index (Phi) is 3.41. The molecule has 1 saturated heterocycles. The predicted octanol–water partition coefficient (Wildman–Crippen LogP) is 2.26. The second-order valence-corrected chi connectivity index (χ2v) is 3.59. The Balaban J connectivity index is 1.90. The molecular formula is C10H11ClFNO2. The van der Waals surface area contributed by atoms with Crippen LogP contribution in [0, 0.1) is 5.82 Å². The number of nitrogens with one attached hydrogen (secondary N) is 1. The first kappa shape index (κ1) is 10.7. The van der Waals surface area contributed by atoms with Crippen LogP contribution in [0.25, 0.3) is 0 Å². The highest BCUT2D eigenvalue weighted by molar-refractivity contribution is 6.30. The lowest BCUT2D eigenvalue weighted by atomic mass is 10.3. The number of ether oxygens (including phenoxy) is 2. The van der Waals surface area contributed by atoms with Crippen molar-refractivity contribution in [2.45, 2.75) is 6.29 Å². The van der Waals surface area contributed by atoms with E-state index in [0.717, 1.165) is 0 Å². The molecule has 1 aromatic rings. The standard InChI is InChI=1S/C10H11ClFNO2/c11-8-2-1-7(5-9(8)12)13-6-10-14-3-4-15-10/h1-2,5,10,13H,3-4,6H2. The van der Waals surface area contributed by atoms with Gasteiger partial charge >= 0.3 is 0 Å². The largest absolute Gasteiger partial charge is 0.380 e. The minimum absolute atomic E-state index is 0.119. The molecule has 1 aromatic carbocycles. The molecule has 1 aliphatic heterocycles. The zero-order chi connectivity index (χ0) is 10.7. The van der Waals surface area contributed by atoms with Gasteiger partial charge in [0.25, 0.3) is 0 Å². The number of hydrogen-bond acceptors (Lipinski definition) is 3. The van der Waals surface area contributed by atoms with Gasteiger partial charge in [-0.3, -0.25) is 0 Å². The van der Waals surface area contributed by atoms with E-state index in [1.807, 2.05) is 0 Å². The molecule has 0 atom stereocenters. The fourth-order valence-corrected chi connectivity index (χ4v) is 1.45. The van der Waals surface area contributed by atoms with Crippen molar-refractivity contribution in [3.05, 3.63) is 29.0 Å². The molecule has 15 heavy (non-hydrogen) atoms. The molecule has 0 radical (unpaired) electrons. The maximum Gasteiger partial charge on any atom is 0.174 e. The molecule has 1 aliphatic rings. The second kappa shape index (κ2) is 4.79. The van der Waals surface area contributed by atoms with Crippen LogP contribution >= 0.6 is 11.6 Å². The van der Waals surface area contributed by atoms with Crippen molar-refractivity contribution in [3.8, 4) is 0 Å². The first-order valence-corrected chi connectivity index (χ1v) is 5.05. The minimum Gasteiger partial charge on any atom is -0.380 e. The Morgan fingerprint density at radius 1 is 1.40 bits per heavy atom. The Morgan fingerprint density at radius 3 is 2.80 bits per heavy atom. The number of rotatable bonds is 3. The molecule has 0 unspecified atom stereocenters. The zero-order valence-electron chi connectivity index (χ0n) is 8.00. The van der Waals surface area contributed by atoms with E-state index in [0.29, 0.717) is 25.4 Å². The van der Waals surface area contributed by atoms with Crippen LogP contribution in [0.5, 0.6) is 0 Å². The smallest absolute Gasteiger partial charge is 0.174 e. The summed E-state index contributed by atoms with van der Waals surface area (Å²) in [5.74, 6) is -0.435. The summed E-state index contributed by atoms with van der Waals surface area (Å²) in [6.45, 7) is 1.73. The maximum absolute atomic E-state index is 13.0. The first-order chi connectivity index (χ1) is 7.25. The van der Waals surface area contributed by atoms with E-state index in [4.69, 9.17) is 21.1 Å². The van der Waals surface area contributed by atoms with Crippen LogP contribution in [0.1, 0.15) is 0 Å². The molecule has 0 aliphatic carbocycles. The van der Waals surface area contributed by atoms with Crippen LogP contribution in [-0.4, -0.2) is 26.0 Å². The number of benzene rings is 1. The first-order valence-electron chi connectivity index (χ1n) is 4.68. The monoisotopic (exact) mass is 231 g/mol. The van der Waals surface area contributed by atoms with Crippen LogP contribution in [0.4, 0.5) is 10.1 Å². The Morgan fingerprint density at radius 2 is 2.13 bits per heavy atom.